The summed E-state index contributed by atoms with van der Waals surface area (Å²) in [5, 5.41) is 2.65. The zero-order valence-electron chi connectivity index (χ0n) is 20.1. The first-order valence-electron chi connectivity index (χ1n) is 11.5. The van der Waals surface area contributed by atoms with Crippen LogP contribution in [0.3, 0.4) is 0 Å². The van der Waals surface area contributed by atoms with E-state index in [2.05, 4.69) is 23.5 Å². The Morgan fingerprint density at radius 3 is 2.40 bits per heavy atom. The van der Waals surface area contributed by atoms with Crippen molar-refractivity contribution in [1.82, 2.24) is 5.32 Å². The average Bonchev–Trinajstić information content (AvgIpc) is 3.24. The van der Waals surface area contributed by atoms with E-state index < -0.39 is 23.3 Å². The molecule has 0 bridgehead atoms. The van der Waals surface area contributed by atoms with Crippen molar-refractivity contribution in [3.05, 3.63) is 89.6 Å². The van der Waals surface area contributed by atoms with Crippen LogP contribution in [-0.4, -0.2) is 17.9 Å². The molecular weight excluding hydrogens is 461 g/mol. The smallest absolute Gasteiger partial charge is 0.371 e. The van der Waals surface area contributed by atoms with E-state index in [1.807, 2.05) is 19.9 Å². The molecule has 2 aliphatic rings. The Morgan fingerprint density at radius 2 is 1.86 bits per heavy atom. The Bertz CT molecular complexity index is 1120. The Labute approximate surface area is 203 Å². The summed E-state index contributed by atoms with van der Waals surface area (Å²) in [5.41, 5.74) is -0.898. The molecule has 1 aromatic carbocycles. The minimum atomic E-state index is -4.47. The van der Waals surface area contributed by atoms with Crippen LogP contribution < -0.4 is 10.2 Å². The lowest BCUT2D eigenvalue weighted by Crippen LogP contribution is -2.54. The maximum atomic E-state index is 14.8. The molecule has 35 heavy (non-hydrogen) atoms. The lowest BCUT2D eigenvalue weighted by molar-refractivity contribution is -0.192. The summed E-state index contributed by atoms with van der Waals surface area (Å²) in [6.45, 7) is 13.6. The number of rotatable bonds is 7. The fourth-order valence-electron chi connectivity index (χ4n) is 4.33. The third-order valence-electron chi connectivity index (χ3n) is 6.16. The van der Waals surface area contributed by atoms with Crippen LogP contribution in [0.5, 0.6) is 0 Å². The highest BCUT2D eigenvalue weighted by molar-refractivity contribution is 5.72. The van der Waals surface area contributed by atoms with Gasteiger partial charge < -0.3 is 5.32 Å². The number of hydrogen-bond donors (Lipinski definition) is 1. The second-order valence-electron chi connectivity index (χ2n) is 9.11. The Kier molecular flexibility index (Phi) is 7.72. The standard InChI is InChI=1S/C27H30F5N3/c1-6-33-25-21(11-9-17(2)3)18(4)22(16-35(25)24-12-10-20(28)15-23(24)29)19(5)34-26(27(30,31)32)13-7-8-14-26/h6,9-12,15-17,34H,4-5,7-8,13-14H2,1-3H3/b11-9-,33-6+. The Hall–Kier alpha value is -3.16. The molecule has 1 aromatic rings. The fourth-order valence-corrected chi connectivity index (χ4v) is 4.33. The molecule has 0 atom stereocenters. The van der Waals surface area contributed by atoms with Gasteiger partial charge in [-0.3, -0.25) is 4.90 Å². The maximum absolute atomic E-state index is 14.8. The van der Waals surface area contributed by atoms with Crippen LogP contribution in [0.2, 0.25) is 0 Å². The number of allylic oxidation sites excluding steroid dienone is 4. The summed E-state index contributed by atoms with van der Waals surface area (Å²) in [6, 6.07) is 3.11. The molecule has 1 N–H and O–H groups in total. The van der Waals surface area contributed by atoms with Crippen LogP contribution in [0.25, 0.3) is 0 Å². The molecule has 1 heterocycles. The summed E-state index contributed by atoms with van der Waals surface area (Å²) in [6.07, 6.45) is 2.91. The van der Waals surface area contributed by atoms with E-state index in [1.54, 1.807) is 13.0 Å². The number of alkyl halides is 3. The van der Waals surface area contributed by atoms with E-state index in [-0.39, 0.29) is 35.7 Å². The summed E-state index contributed by atoms with van der Waals surface area (Å²) < 4.78 is 70.6. The van der Waals surface area contributed by atoms with Crippen molar-refractivity contribution in [2.24, 2.45) is 10.9 Å². The van der Waals surface area contributed by atoms with Crippen LogP contribution >= 0.6 is 0 Å². The first kappa shape index (κ1) is 26.4. The van der Waals surface area contributed by atoms with Gasteiger partial charge in [-0.1, -0.05) is 52.0 Å². The van der Waals surface area contributed by atoms with E-state index in [0.717, 1.165) is 12.1 Å². The molecule has 1 aliphatic heterocycles. The zero-order valence-corrected chi connectivity index (χ0v) is 20.1. The molecule has 0 unspecified atom stereocenters. The highest BCUT2D eigenvalue weighted by Crippen LogP contribution is 2.45. The molecule has 1 fully saturated rings. The monoisotopic (exact) mass is 491 g/mol. The molecule has 0 aromatic heterocycles. The molecule has 188 valence electrons. The molecule has 0 spiro atoms. The fraction of sp³-hybridized carbons (Fsp3) is 0.370. The molecule has 0 amide bonds. The highest BCUT2D eigenvalue weighted by Gasteiger charge is 2.56. The molecule has 8 heteroatoms. The van der Waals surface area contributed by atoms with Crippen LogP contribution in [0.4, 0.5) is 27.6 Å². The van der Waals surface area contributed by atoms with Gasteiger partial charge in [0.25, 0.3) is 0 Å². The van der Waals surface area contributed by atoms with Gasteiger partial charge in [0.1, 0.15) is 23.0 Å². The number of nitrogens with one attached hydrogen (secondary N) is 1. The van der Waals surface area contributed by atoms with Crippen molar-refractivity contribution in [3.63, 3.8) is 0 Å². The van der Waals surface area contributed by atoms with E-state index in [9.17, 15) is 22.0 Å². The zero-order chi connectivity index (χ0) is 26.0. The molecule has 0 saturated heterocycles. The van der Waals surface area contributed by atoms with Gasteiger partial charge in [0.15, 0.2) is 0 Å². The first-order valence-corrected chi connectivity index (χ1v) is 11.5. The first-order chi connectivity index (χ1) is 16.4. The largest absolute Gasteiger partial charge is 0.411 e. The molecule has 0 radical (unpaired) electrons. The number of halogens is 5. The van der Waals surface area contributed by atoms with Crippen molar-refractivity contribution >= 4 is 11.9 Å². The number of benzene rings is 1. The molecule has 3 nitrogen and oxygen atoms in total. The van der Waals surface area contributed by atoms with Crippen LogP contribution in [-0.2, 0) is 0 Å². The molecular formula is C27H30F5N3. The van der Waals surface area contributed by atoms with Gasteiger partial charge in [0, 0.05) is 35.3 Å². The third kappa shape index (κ3) is 5.41. The van der Waals surface area contributed by atoms with Gasteiger partial charge in [0.2, 0.25) is 0 Å². The van der Waals surface area contributed by atoms with Gasteiger partial charge in [-0.05, 0) is 43.4 Å². The predicted molar refractivity (Wildman–Crippen MR) is 131 cm³/mol. The number of aliphatic imine (C=N–C) groups is 1. The van der Waals surface area contributed by atoms with E-state index in [4.69, 9.17) is 0 Å². The van der Waals surface area contributed by atoms with E-state index >= 15 is 0 Å². The van der Waals surface area contributed by atoms with Crippen molar-refractivity contribution in [2.45, 2.75) is 58.2 Å². The molecule has 1 saturated carbocycles. The van der Waals surface area contributed by atoms with Crippen molar-refractivity contribution in [1.29, 1.82) is 0 Å². The van der Waals surface area contributed by atoms with Gasteiger partial charge in [0.05, 0.1) is 5.69 Å². The highest BCUT2D eigenvalue weighted by atomic mass is 19.4. The lowest BCUT2D eigenvalue weighted by atomic mass is 9.90. The number of nitrogens with zero attached hydrogens (tertiary/aromatic N) is 2. The van der Waals surface area contributed by atoms with Gasteiger partial charge in [-0.2, -0.15) is 13.2 Å². The minimum Gasteiger partial charge on any atom is -0.371 e. The van der Waals surface area contributed by atoms with Crippen LogP contribution in [0.1, 0.15) is 46.5 Å². The average molecular weight is 492 g/mol. The van der Waals surface area contributed by atoms with E-state index in [0.29, 0.717) is 29.8 Å². The van der Waals surface area contributed by atoms with Gasteiger partial charge in [-0.25, -0.2) is 13.8 Å². The quantitative estimate of drug-likeness (QED) is 0.312. The molecule has 3 rings (SSSR count). The summed E-state index contributed by atoms with van der Waals surface area (Å²) in [4.78, 5) is 5.79. The summed E-state index contributed by atoms with van der Waals surface area (Å²) in [7, 11) is 0. The molecule has 1 aliphatic carbocycles. The van der Waals surface area contributed by atoms with Crippen LogP contribution in [0, 0.1) is 17.6 Å². The lowest BCUT2D eigenvalue weighted by Gasteiger charge is -2.37. The Balaban J connectivity index is 2.15. The normalized spacial score (nSPS) is 18.8. The minimum absolute atomic E-state index is 0.00773. The second kappa shape index (κ2) is 10.2. The third-order valence-corrected chi connectivity index (χ3v) is 6.16. The van der Waals surface area contributed by atoms with Crippen molar-refractivity contribution in [3.8, 4) is 0 Å². The van der Waals surface area contributed by atoms with Crippen LogP contribution in [0.15, 0.2) is 82.9 Å². The maximum Gasteiger partial charge on any atom is 0.411 e. The topological polar surface area (TPSA) is 27.6 Å². The number of anilines is 1. The summed E-state index contributed by atoms with van der Waals surface area (Å²) in [5.74, 6) is -1.13. The number of hydrogen-bond acceptors (Lipinski definition) is 3. The second-order valence-corrected chi connectivity index (χ2v) is 9.11. The van der Waals surface area contributed by atoms with Gasteiger partial charge in [-0.15, -0.1) is 0 Å². The van der Waals surface area contributed by atoms with Gasteiger partial charge >= 0.3 is 6.18 Å². The van der Waals surface area contributed by atoms with Crippen molar-refractivity contribution in [2.75, 3.05) is 4.90 Å². The summed E-state index contributed by atoms with van der Waals surface area (Å²) >= 11 is 0. The SMILES string of the molecule is C=C(NC1(C(F)(F)F)CCCC1)C1=CN(c2ccc(F)cc2F)C(/N=C/C)=C(/C=C\C(C)C)C1=C. The van der Waals surface area contributed by atoms with Crippen molar-refractivity contribution < 1.29 is 22.0 Å². The van der Waals surface area contributed by atoms with E-state index in [1.165, 1.54) is 23.4 Å². The predicted octanol–water partition coefficient (Wildman–Crippen LogP) is 7.72. The Morgan fingerprint density at radius 1 is 1.20 bits per heavy atom.